The van der Waals surface area contributed by atoms with Gasteiger partial charge < -0.3 is 15.1 Å². The zero-order chi connectivity index (χ0) is 17.8. The van der Waals surface area contributed by atoms with Gasteiger partial charge in [-0.15, -0.1) is 11.3 Å². The normalized spacial score (nSPS) is 22.2. The van der Waals surface area contributed by atoms with Crippen LogP contribution in [0.25, 0.3) is 0 Å². The zero-order valence-electron chi connectivity index (χ0n) is 14.7. The van der Waals surface area contributed by atoms with Gasteiger partial charge in [0.05, 0.1) is 16.8 Å². The Kier molecular flexibility index (Phi) is 6.73. The lowest BCUT2D eigenvalue weighted by molar-refractivity contribution is 0.0673. The molecule has 1 atom stereocenters. The van der Waals surface area contributed by atoms with Crippen LogP contribution in [0, 0.1) is 6.92 Å². The number of β-amino-alcohol motifs (C(OH)–C–C–N with tert-alkyl or cyclic N) is 1. The minimum atomic E-state index is -0.877. The molecule has 0 saturated carbocycles. The fraction of sp³-hybridized carbons (Fsp3) is 0.765. The summed E-state index contributed by atoms with van der Waals surface area (Å²) in [6.07, 6.45) is 1.68. The van der Waals surface area contributed by atoms with Gasteiger partial charge in [0.1, 0.15) is 4.88 Å². The van der Waals surface area contributed by atoms with E-state index in [9.17, 15) is 15.0 Å². The molecule has 0 amide bonds. The summed E-state index contributed by atoms with van der Waals surface area (Å²) in [7, 11) is 0. The first-order chi connectivity index (χ1) is 12.0. The number of thioether (sulfide) groups is 1. The van der Waals surface area contributed by atoms with Crippen LogP contribution >= 0.6 is 23.1 Å². The molecule has 1 aromatic rings. The number of carboxylic acid groups (broad SMARTS) is 1. The molecule has 0 bridgehead atoms. The second-order valence-electron chi connectivity index (χ2n) is 6.91. The Morgan fingerprint density at radius 3 is 2.36 bits per heavy atom. The number of aromatic carboxylic acids is 1. The van der Waals surface area contributed by atoms with Crippen molar-refractivity contribution in [2.75, 3.05) is 50.8 Å². The minimum absolute atomic E-state index is 0.291. The van der Waals surface area contributed by atoms with Crippen molar-refractivity contribution in [3.63, 3.8) is 0 Å². The number of carboxylic acids is 1. The van der Waals surface area contributed by atoms with Crippen LogP contribution in [0.1, 0.15) is 39.1 Å². The molecule has 6 nitrogen and oxygen atoms in total. The number of aromatic nitrogens is 1. The smallest absolute Gasteiger partial charge is 0.347 e. The number of hydrogen-bond acceptors (Lipinski definition) is 7. The average molecular weight is 386 g/mol. The highest BCUT2D eigenvalue weighted by atomic mass is 32.2. The maximum absolute atomic E-state index is 11.2. The summed E-state index contributed by atoms with van der Waals surface area (Å²) in [4.78, 5) is 20.7. The quantitative estimate of drug-likeness (QED) is 0.772. The Bertz CT molecular complexity index is 582. The van der Waals surface area contributed by atoms with Gasteiger partial charge in [0, 0.05) is 43.6 Å². The molecule has 0 spiro atoms. The summed E-state index contributed by atoms with van der Waals surface area (Å²) in [6.45, 7) is 7.32. The molecule has 2 N–H and O–H groups in total. The number of aryl methyl sites for hydroxylation is 1. The van der Waals surface area contributed by atoms with Crippen LogP contribution in [0.15, 0.2) is 0 Å². The van der Waals surface area contributed by atoms with Gasteiger partial charge in [-0.05, 0) is 32.9 Å². The molecule has 3 heterocycles. The van der Waals surface area contributed by atoms with E-state index in [-0.39, 0.29) is 6.10 Å². The van der Waals surface area contributed by atoms with Crippen LogP contribution in [0.2, 0.25) is 0 Å². The van der Waals surface area contributed by atoms with Crippen molar-refractivity contribution in [2.24, 2.45) is 0 Å². The molecule has 2 aliphatic rings. The summed E-state index contributed by atoms with van der Waals surface area (Å²) in [6, 6.07) is 0. The van der Waals surface area contributed by atoms with E-state index >= 15 is 0 Å². The highest BCUT2D eigenvalue weighted by Gasteiger charge is 2.26. The monoisotopic (exact) mass is 385 g/mol. The summed E-state index contributed by atoms with van der Waals surface area (Å²) >= 11 is 3.31. The molecule has 0 aromatic carbocycles. The van der Waals surface area contributed by atoms with Gasteiger partial charge >= 0.3 is 5.97 Å². The summed E-state index contributed by atoms with van der Waals surface area (Å²) < 4.78 is 0. The van der Waals surface area contributed by atoms with Gasteiger partial charge in [0.2, 0.25) is 0 Å². The zero-order valence-corrected chi connectivity index (χ0v) is 16.3. The summed E-state index contributed by atoms with van der Waals surface area (Å²) in [5, 5.41) is 20.5. The molecular formula is C17H27N3O3S2. The number of rotatable bonds is 6. The minimum Gasteiger partial charge on any atom is -0.477 e. The molecule has 140 valence electrons. The summed E-state index contributed by atoms with van der Waals surface area (Å²) in [5.41, 5.74) is 0.630. The predicted molar refractivity (Wildman–Crippen MR) is 102 cm³/mol. The van der Waals surface area contributed by atoms with Crippen molar-refractivity contribution >= 4 is 29.1 Å². The number of piperidine rings is 1. The van der Waals surface area contributed by atoms with Crippen molar-refractivity contribution in [3.8, 4) is 0 Å². The van der Waals surface area contributed by atoms with E-state index < -0.39 is 5.97 Å². The maximum atomic E-state index is 11.2. The first-order valence-corrected chi connectivity index (χ1v) is 10.9. The molecule has 1 aromatic heterocycles. The van der Waals surface area contributed by atoms with E-state index in [0.29, 0.717) is 16.5 Å². The molecule has 8 heteroatoms. The van der Waals surface area contributed by atoms with Crippen LogP contribution in [-0.4, -0.2) is 87.8 Å². The molecule has 3 rings (SSSR count). The summed E-state index contributed by atoms with van der Waals surface area (Å²) in [5.74, 6) is 1.81. The second kappa shape index (κ2) is 8.81. The standard InChI is InChI=1S/C17H27N3O3S2/c1-12-15(17(22)23)25-16(18-12)13-2-4-19(5-3-13)10-14(21)11-20-6-8-24-9-7-20/h13-14,21H,2-11H2,1H3,(H,22,23). The third kappa shape index (κ3) is 5.17. The Labute approximate surface area is 157 Å². The van der Waals surface area contributed by atoms with Crippen LogP contribution in [0.3, 0.4) is 0 Å². The average Bonchev–Trinajstić information content (AvgIpc) is 2.98. The first-order valence-electron chi connectivity index (χ1n) is 8.94. The van der Waals surface area contributed by atoms with E-state index in [2.05, 4.69) is 14.8 Å². The van der Waals surface area contributed by atoms with Gasteiger partial charge in [0.15, 0.2) is 0 Å². The Morgan fingerprint density at radius 1 is 1.20 bits per heavy atom. The maximum Gasteiger partial charge on any atom is 0.347 e. The number of nitrogens with zero attached hydrogens (tertiary/aromatic N) is 3. The number of thiazole rings is 1. The van der Waals surface area contributed by atoms with Gasteiger partial charge in [-0.25, -0.2) is 9.78 Å². The molecule has 0 aliphatic carbocycles. The lowest BCUT2D eigenvalue weighted by Crippen LogP contribution is -2.45. The molecule has 0 radical (unpaired) electrons. The first kappa shape index (κ1) is 19.1. The Morgan fingerprint density at radius 2 is 1.80 bits per heavy atom. The number of hydrogen-bond donors (Lipinski definition) is 2. The lowest BCUT2D eigenvalue weighted by Gasteiger charge is -2.34. The van der Waals surface area contributed by atoms with Crippen molar-refractivity contribution in [2.45, 2.75) is 31.8 Å². The van der Waals surface area contributed by atoms with Crippen molar-refractivity contribution in [1.29, 1.82) is 0 Å². The number of likely N-dealkylation sites (tertiary alicyclic amines) is 1. The van der Waals surface area contributed by atoms with Crippen molar-refractivity contribution in [3.05, 3.63) is 15.6 Å². The van der Waals surface area contributed by atoms with E-state index in [1.165, 1.54) is 22.8 Å². The largest absolute Gasteiger partial charge is 0.477 e. The van der Waals surface area contributed by atoms with Gasteiger partial charge in [-0.1, -0.05) is 0 Å². The SMILES string of the molecule is Cc1nc(C2CCN(CC(O)CN3CCSCC3)CC2)sc1C(=O)O. The molecule has 2 saturated heterocycles. The molecule has 1 unspecified atom stereocenters. The topological polar surface area (TPSA) is 76.9 Å². The van der Waals surface area contributed by atoms with Crippen molar-refractivity contribution in [1.82, 2.24) is 14.8 Å². The number of carbonyl (C=O) groups is 1. The second-order valence-corrected chi connectivity index (χ2v) is 9.17. The highest BCUT2D eigenvalue weighted by molar-refractivity contribution is 7.99. The lowest BCUT2D eigenvalue weighted by atomic mass is 9.97. The fourth-order valence-electron chi connectivity index (χ4n) is 3.59. The Balaban J connectivity index is 1.45. The predicted octanol–water partition coefficient (Wildman–Crippen LogP) is 1.74. The number of aliphatic hydroxyl groups excluding tert-OH is 1. The van der Waals surface area contributed by atoms with Gasteiger partial charge in [-0.2, -0.15) is 11.8 Å². The van der Waals surface area contributed by atoms with Crippen molar-refractivity contribution < 1.29 is 15.0 Å². The van der Waals surface area contributed by atoms with Crippen LogP contribution in [-0.2, 0) is 0 Å². The highest BCUT2D eigenvalue weighted by Crippen LogP contribution is 2.32. The van der Waals surface area contributed by atoms with E-state index in [0.717, 1.165) is 57.1 Å². The van der Waals surface area contributed by atoms with Crippen LogP contribution in [0.5, 0.6) is 0 Å². The molecular weight excluding hydrogens is 358 g/mol. The van der Waals surface area contributed by atoms with Gasteiger partial charge in [-0.3, -0.25) is 4.90 Å². The van der Waals surface area contributed by atoms with Gasteiger partial charge in [0.25, 0.3) is 0 Å². The third-order valence-corrected chi connectivity index (χ3v) is 7.24. The van der Waals surface area contributed by atoms with Crippen LogP contribution in [0.4, 0.5) is 0 Å². The number of aliphatic hydroxyl groups is 1. The van der Waals surface area contributed by atoms with Crippen LogP contribution < -0.4 is 0 Å². The van der Waals surface area contributed by atoms with E-state index in [1.807, 2.05) is 11.8 Å². The fourth-order valence-corrected chi connectivity index (χ4v) is 5.64. The Hall–Kier alpha value is -0.670. The third-order valence-electron chi connectivity index (χ3n) is 4.99. The van der Waals surface area contributed by atoms with E-state index in [4.69, 9.17) is 0 Å². The van der Waals surface area contributed by atoms with E-state index in [1.54, 1.807) is 6.92 Å². The molecule has 2 aliphatic heterocycles. The molecule has 2 fully saturated rings. The molecule has 25 heavy (non-hydrogen) atoms.